The maximum absolute atomic E-state index is 12.8. The highest BCUT2D eigenvalue weighted by Gasteiger charge is 2.32. The van der Waals surface area contributed by atoms with Crippen LogP contribution in [0.3, 0.4) is 0 Å². The Morgan fingerprint density at radius 1 is 1.35 bits per heavy atom. The molecule has 0 amide bonds. The second-order valence-corrected chi connectivity index (χ2v) is 7.45. The Balaban J connectivity index is 2.39. The quantitative estimate of drug-likeness (QED) is 0.802. The summed E-state index contributed by atoms with van der Waals surface area (Å²) in [6.07, 6.45) is 0.803. The summed E-state index contributed by atoms with van der Waals surface area (Å²) in [5.74, 6) is -3.09. The molecule has 0 saturated carbocycles. The number of alkyl halides is 3. The van der Waals surface area contributed by atoms with Crippen LogP contribution in [-0.4, -0.2) is 32.6 Å². The molecule has 1 saturated heterocycles. The van der Waals surface area contributed by atoms with Gasteiger partial charge in [0.1, 0.15) is 0 Å². The summed E-state index contributed by atoms with van der Waals surface area (Å²) in [6, 6.07) is 5.86. The molecule has 1 aliphatic heterocycles. The van der Waals surface area contributed by atoms with Gasteiger partial charge in [0.2, 0.25) is 9.84 Å². The number of anilines is 1. The predicted octanol–water partition coefficient (Wildman–Crippen LogP) is 3.14. The Kier molecular flexibility index (Phi) is 4.54. The summed E-state index contributed by atoms with van der Waals surface area (Å²) in [5, 5.41) is -0.119. The van der Waals surface area contributed by atoms with E-state index in [2.05, 4.69) is 0 Å². The fraction of sp³-hybridized carbons (Fsp3) is 0.538. The van der Waals surface area contributed by atoms with Crippen LogP contribution in [0.25, 0.3) is 0 Å². The Labute approximate surface area is 122 Å². The largest absolute Gasteiger partial charge is 0.369 e. The summed E-state index contributed by atoms with van der Waals surface area (Å²) in [5.41, 5.74) is 0.311. The van der Waals surface area contributed by atoms with E-state index in [4.69, 9.17) is 11.6 Å². The normalized spacial score (nSPS) is 24.1. The van der Waals surface area contributed by atoms with Crippen molar-refractivity contribution in [3.63, 3.8) is 0 Å². The average molecular weight is 324 g/mol. The van der Waals surface area contributed by atoms with Crippen LogP contribution in [0.5, 0.6) is 0 Å². The summed E-state index contributed by atoms with van der Waals surface area (Å²) >= 11 is 6.20. The van der Waals surface area contributed by atoms with E-state index in [9.17, 15) is 17.2 Å². The van der Waals surface area contributed by atoms with Crippen molar-refractivity contribution in [3.8, 4) is 0 Å². The molecule has 0 bridgehead atoms. The van der Waals surface area contributed by atoms with Crippen LogP contribution in [0.4, 0.5) is 14.5 Å². The number of hydrogen-bond donors (Lipinski definition) is 0. The van der Waals surface area contributed by atoms with Crippen LogP contribution in [-0.2, 0) is 9.84 Å². The number of halogens is 3. The Bertz CT molecular complexity index is 579. The minimum absolute atomic E-state index is 0.119. The third-order valence-electron chi connectivity index (χ3n) is 3.61. The SMILES string of the molecule is CC1CCN(c2ccccc2S(=O)(=O)C(F)F)CC1Cl. The van der Waals surface area contributed by atoms with Crippen LogP contribution in [0.2, 0.25) is 0 Å². The molecule has 2 unspecified atom stereocenters. The van der Waals surface area contributed by atoms with Gasteiger partial charge in [0, 0.05) is 13.1 Å². The van der Waals surface area contributed by atoms with Gasteiger partial charge in [0.05, 0.1) is 16.0 Å². The van der Waals surface area contributed by atoms with Gasteiger partial charge in [0.15, 0.2) is 0 Å². The minimum Gasteiger partial charge on any atom is -0.369 e. The predicted molar refractivity (Wildman–Crippen MR) is 75.3 cm³/mol. The van der Waals surface area contributed by atoms with Gasteiger partial charge < -0.3 is 4.90 Å². The Hall–Kier alpha value is -0.880. The van der Waals surface area contributed by atoms with E-state index in [-0.39, 0.29) is 10.3 Å². The fourth-order valence-electron chi connectivity index (χ4n) is 2.30. The molecule has 1 aromatic rings. The Morgan fingerprint density at radius 3 is 2.60 bits per heavy atom. The first-order chi connectivity index (χ1) is 9.34. The summed E-state index contributed by atoms with van der Waals surface area (Å²) in [6.45, 7) is 3.09. The highest BCUT2D eigenvalue weighted by molar-refractivity contribution is 7.91. The molecular formula is C13H16ClF2NO2S. The van der Waals surface area contributed by atoms with E-state index in [0.717, 1.165) is 6.42 Å². The molecule has 3 nitrogen and oxygen atoms in total. The molecule has 0 spiro atoms. The number of para-hydroxylation sites is 1. The molecule has 0 aromatic heterocycles. The molecule has 1 aliphatic rings. The first kappa shape index (κ1) is 15.5. The van der Waals surface area contributed by atoms with Gasteiger partial charge in [-0.2, -0.15) is 8.78 Å². The summed E-state index contributed by atoms with van der Waals surface area (Å²) < 4.78 is 49.0. The molecule has 7 heteroatoms. The molecule has 0 radical (unpaired) electrons. The molecule has 20 heavy (non-hydrogen) atoms. The monoisotopic (exact) mass is 323 g/mol. The van der Waals surface area contributed by atoms with Gasteiger partial charge in [-0.15, -0.1) is 11.6 Å². The molecule has 1 heterocycles. The van der Waals surface area contributed by atoms with Gasteiger partial charge in [-0.3, -0.25) is 0 Å². The Morgan fingerprint density at radius 2 is 2.00 bits per heavy atom. The molecule has 2 rings (SSSR count). The van der Waals surface area contributed by atoms with Gasteiger partial charge >= 0.3 is 5.76 Å². The number of nitrogens with zero attached hydrogens (tertiary/aromatic N) is 1. The highest BCUT2D eigenvalue weighted by Crippen LogP contribution is 2.32. The lowest BCUT2D eigenvalue weighted by Gasteiger charge is -2.36. The fourth-order valence-corrected chi connectivity index (χ4v) is 3.54. The van der Waals surface area contributed by atoms with E-state index >= 15 is 0 Å². The maximum atomic E-state index is 12.8. The highest BCUT2D eigenvalue weighted by atomic mass is 35.5. The van der Waals surface area contributed by atoms with E-state index in [1.54, 1.807) is 17.0 Å². The zero-order chi connectivity index (χ0) is 14.9. The molecule has 0 N–H and O–H groups in total. The van der Waals surface area contributed by atoms with Crippen LogP contribution >= 0.6 is 11.6 Å². The van der Waals surface area contributed by atoms with Gasteiger partial charge in [-0.1, -0.05) is 19.1 Å². The third kappa shape index (κ3) is 2.91. The molecule has 1 aromatic carbocycles. The first-order valence-electron chi connectivity index (χ1n) is 6.34. The van der Waals surface area contributed by atoms with Gasteiger partial charge in [0.25, 0.3) is 0 Å². The van der Waals surface area contributed by atoms with Crippen molar-refractivity contribution in [1.82, 2.24) is 0 Å². The van der Waals surface area contributed by atoms with Crippen molar-refractivity contribution in [2.24, 2.45) is 5.92 Å². The lowest BCUT2D eigenvalue weighted by Crippen LogP contribution is -2.41. The van der Waals surface area contributed by atoms with Gasteiger partial charge in [-0.25, -0.2) is 8.42 Å². The minimum atomic E-state index is -4.61. The van der Waals surface area contributed by atoms with E-state index < -0.39 is 15.6 Å². The summed E-state index contributed by atoms with van der Waals surface area (Å²) in [7, 11) is -4.61. The molecule has 1 fully saturated rings. The number of piperidine rings is 1. The average Bonchev–Trinajstić information content (AvgIpc) is 2.41. The maximum Gasteiger partial charge on any atom is 0.341 e. The topological polar surface area (TPSA) is 37.4 Å². The molecule has 112 valence electrons. The van der Waals surface area contributed by atoms with Crippen LogP contribution in [0, 0.1) is 5.92 Å². The number of sulfone groups is 1. The number of benzene rings is 1. The van der Waals surface area contributed by atoms with Crippen molar-refractivity contribution in [3.05, 3.63) is 24.3 Å². The lowest BCUT2D eigenvalue weighted by molar-refractivity contribution is 0.234. The smallest absolute Gasteiger partial charge is 0.341 e. The van der Waals surface area contributed by atoms with E-state index in [0.29, 0.717) is 24.7 Å². The van der Waals surface area contributed by atoms with Gasteiger partial charge in [-0.05, 0) is 24.5 Å². The number of rotatable bonds is 3. The van der Waals surface area contributed by atoms with E-state index in [1.165, 1.54) is 12.1 Å². The first-order valence-corrected chi connectivity index (χ1v) is 8.32. The van der Waals surface area contributed by atoms with E-state index in [1.807, 2.05) is 6.92 Å². The van der Waals surface area contributed by atoms with Crippen molar-refractivity contribution in [2.75, 3.05) is 18.0 Å². The molecular weight excluding hydrogens is 308 g/mol. The van der Waals surface area contributed by atoms with Crippen molar-refractivity contribution < 1.29 is 17.2 Å². The zero-order valence-corrected chi connectivity index (χ0v) is 12.5. The molecule has 0 aliphatic carbocycles. The van der Waals surface area contributed by atoms with Crippen molar-refractivity contribution in [1.29, 1.82) is 0 Å². The molecule has 2 atom stereocenters. The lowest BCUT2D eigenvalue weighted by atomic mass is 9.98. The van der Waals surface area contributed by atoms with Crippen molar-refractivity contribution in [2.45, 2.75) is 29.4 Å². The third-order valence-corrected chi connectivity index (χ3v) is 5.61. The zero-order valence-electron chi connectivity index (χ0n) is 11.0. The second kappa shape index (κ2) is 5.85. The van der Waals surface area contributed by atoms with Crippen LogP contribution < -0.4 is 4.90 Å². The van der Waals surface area contributed by atoms with Crippen LogP contribution in [0.15, 0.2) is 29.2 Å². The summed E-state index contributed by atoms with van der Waals surface area (Å²) in [4.78, 5) is 1.45. The van der Waals surface area contributed by atoms with Crippen LogP contribution in [0.1, 0.15) is 13.3 Å². The van der Waals surface area contributed by atoms with Crippen molar-refractivity contribution >= 4 is 27.1 Å². The standard InChI is InChI=1S/C13H16ClF2NO2S/c1-9-6-7-17(8-10(9)14)11-4-2-3-5-12(11)20(18,19)13(15)16/h2-5,9-10,13H,6-8H2,1H3. The number of hydrogen-bond acceptors (Lipinski definition) is 3. The second-order valence-electron chi connectivity index (χ2n) is 5.00.